The van der Waals surface area contributed by atoms with Crippen molar-refractivity contribution < 1.29 is 0 Å². The number of rotatable bonds is 5. The zero-order valence-corrected chi connectivity index (χ0v) is 12.9. The third-order valence-corrected chi connectivity index (χ3v) is 3.35. The van der Waals surface area contributed by atoms with Crippen LogP contribution in [0.1, 0.15) is 36.8 Å². The van der Waals surface area contributed by atoms with Gasteiger partial charge in [-0.1, -0.05) is 31.5 Å². The fraction of sp³-hybridized carbons (Fsp3) is 0.467. The molecule has 2 rings (SSSR count). The highest BCUT2D eigenvalue weighted by molar-refractivity contribution is 6.30. The van der Waals surface area contributed by atoms with Crippen molar-refractivity contribution in [1.29, 1.82) is 0 Å². The third-order valence-electron chi connectivity index (χ3n) is 3.13. The highest BCUT2D eigenvalue weighted by atomic mass is 35.5. The summed E-state index contributed by atoms with van der Waals surface area (Å²) >= 11 is 6.09. The van der Waals surface area contributed by atoms with E-state index in [0.717, 1.165) is 28.5 Å². The summed E-state index contributed by atoms with van der Waals surface area (Å²) in [5.74, 6) is 1.45. The molecule has 0 bridgehead atoms. The predicted molar refractivity (Wildman–Crippen MR) is 81.7 cm³/mol. The molecule has 4 nitrogen and oxygen atoms in total. The Morgan fingerprint density at radius 3 is 2.70 bits per heavy atom. The lowest BCUT2D eigenvalue weighted by molar-refractivity contribution is 0.459. The van der Waals surface area contributed by atoms with E-state index in [1.54, 1.807) is 6.33 Å². The van der Waals surface area contributed by atoms with Crippen molar-refractivity contribution in [1.82, 2.24) is 14.8 Å². The van der Waals surface area contributed by atoms with Gasteiger partial charge in [0.25, 0.3) is 0 Å². The van der Waals surface area contributed by atoms with Gasteiger partial charge in [-0.25, -0.2) is 9.67 Å². The van der Waals surface area contributed by atoms with Crippen molar-refractivity contribution in [3.8, 4) is 0 Å². The largest absolute Gasteiger partial charge is 0.324 e. The van der Waals surface area contributed by atoms with Gasteiger partial charge in [0.05, 0.1) is 0 Å². The molecule has 0 fully saturated rings. The first-order chi connectivity index (χ1) is 9.45. The number of nitrogens with two attached hydrogens (primary N) is 1. The molecule has 108 valence electrons. The second kappa shape index (κ2) is 6.37. The van der Waals surface area contributed by atoms with Gasteiger partial charge in [-0.05, 0) is 36.1 Å². The summed E-state index contributed by atoms with van der Waals surface area (Å²) in [7, 11) is 0. The molecule has 0 aliphatic heterocycles. The van der Waals surface area contributed by atoms with Crippen LogP contribution >= 0.6 is 11.6 Å². The third kappa shape index (κ3) is 3.81. The Labute approximate surface area is 125 Å². The molecule has 0 saturated heterocycles. The maximum Gasteiger partial charge on any atom is 0.138 e. The zero-order chi connectivity index (χ0) is 14.7. The van der Waals surface area contributed by atoms with Gasteiger partial charge in [0, 0.05) is 24.0 Å². The summed E-state index contributed by atoms with van der Waals surface area (Å²) < 4.78 is 1.93. The number of aromatic nitrogens is 3. The Morgan fingerprint density at radius 2 is 2.05 bits per heavy atom. The van der Waals surface area contributed by atoms with E-state index in [4.69, 9.17) is 17.3 Å². The van der Waals surface area contributed by atoms with Crippen LogP contribution in [0.3, 0.4) is 0 Å². The smallest absolute Gasteiger partial charge is 0.138 e. The van der Waals surface area contributed by atoms with Crippen molar-refractivity contribution >= 4 is 11.6 Å². The minimum atomic E-state index is -0.123. The molecule has 5 heteroatoms. The molecule has 0 amide bonds. The summed E-state index contributed by atoms with van der Waals surface area (Å²) in [6.45, 7) is 7.19. The maximum atomic E-state index is 6.28. The van der Waals surface area contributed by atoms with Gasteiger partial charge < -0.3 is 5.73 Å². The molecular weight excluding hydrogens is 272 g/mol. The molecule has 1 aromatic carbocycles. The lowest BCUT2D eigenvalue weighted by Crippen LogP contribution is -2.18. The number of hydrogen-bond donors (Lipinski definition) is 1. The predicted octanol–water partition coefficient (Wildman–Crippen LogP) is 3.14. The molecule has 1 atom stereocenters. The molecule has 0 spiro atoms. The number of halogens is 1. The summed E-state index contributed by atoms with van der Waals surface area (Å²) in [5.41, 5.74) is 8.44. The van der Waals surface area contributed by atoms with Crippen molar-refractivity contribution in [2.24, 2.45) is 11.7 Å². The van der Waals surface area contributed by atoms with Crippen LogP contribution in [0.4, 0.5) is 0 Å². The van der Waals surface area contributed by atoms with Gasteiger partial charge in [-0.3, -0.25) is 0 Å². The lowest BCUT2D eigenvalue weighted by atomic mass is 10.0. The summed E-state index contributed by atoms with van der Waals surface area (Å²) in [4.78, 5) is 4.32. The van der Waals surface area contributed by atoms with Crippen LogP contribution in [0.25, 0.3) is 0 Å². The summed E-state index contributed by atoms with van der Waals surface area (Å²) in [6.07, 6.45) is 2.25. The maximum absolute atomic E-state index is 6.28. The molecular formula is C15H21ClN4. The van der Waals surface area contributed by atoms with Crippen LogP contribution in [0, 0.1) is 12.8 Å². The molecule has 2 aromatic rings. The first-order valence-corrected chi connectivity index (χ1v) is 7.23. The number of aryl methyl sites for hydroxylation is 1. The first kappa shape index (κ1) is 15.0. The normalized spacial score (nSPS) is 12.9. The second-order valence-electron chi connectivity index (χ2n) is 5.62. The fourth-order valence-electron chi connectivity index (χ4n) is 2.24. The molecule has 0 aliphatic carbocycles. The van der Waals surface area contributed by atoms with Crippen molar-refractivity contribution in [3.05, 3.63) is 46.5 Å². The van der Waals surface area contributed by atoms with Gasteiger partial charge in [-0.2, -0.15) is 5.10 Å². The van der Waals surface area contributed by atoms with E-state index >= 15 is 0 Å². The molecule has 20 heavy (non-hydrogen) atoms. The molecule has 0 radical (unpaired) electrons. The SMILES string of the molecule is Cc1cc(Cl)cc(C(N)Cc2ncnn2CC(C)C)c1. The second-order valence-corrected chi connectivity index (χ2v) is 6.06. The van der Waals surface area contributed by atoms with Crippen LogP contribution in [-0.2, 0) is 13.0 Å². The van der Waals surface area contributed by atoms with Gasteiger partial charge in [0.2, 0.25) is 0 Å². The average Bonchev–Trinajstić information content (AvgIpc) is 2.74. The Hall–Kier alpha value is -1.39. The van der Waals surface area contributed by atoms with Crippen molar-refractivity contribution in [2.75, 3.05) is 0 Å². The monoisotopic (exact) mass is 292 g/mol. The van der Waals surface area contributed by atoms with E-state index < -0.39 is 0 Å². The van der Waals surface area contributed by atoms with Crippen LogP contribution in [0.5, 0.6) is 0 Å². The van der Waals surface area contributed by atoms with Crippen LogP contribution in [0.15, 0.2) is 24.5 Å². The zero-order valence-electron chi connectivity index (χ0n) is 12.2. The fourth-order valence-corrected chi connectivity index (χ4v) is 2.54. The van der Waals surface area contributed by atoms with Crippen LogP contribution < -0.4 is 5.73 Å². The minimum absolute atomic E-state index is 0.123. The topological polar surface area (TPSA) is 56.7 Å². The van der Waals surface area contributed by atoms with E-state index in [1.165, 1.54) is 0 Å². The minimum Gasteiger partial charge on any atom is -0.324 e. The number of benzene rings is 1. The van der Waals surface area contributed by atoms with Gasteiger partial charge in [-0.15, -0.1) is 0 Å². The van der Waals surface area contributed by atoms with E-state index in [1.807, 2.05) is 23.7 Å². The van der Waals surface area contributed by atoms with Gasteiger partial charge in [0.15, 0.2) is 0 Å². The molecule has 1 aromatic heterocycles. The van der Waals surface area contributed by atoms with Crippen molar-refractivity contribution in [2.45, 2.75) is 39.8 Å². The van der Waals surface area contributed by atoms with E-state index in [0.29, 0.717) is 12.3 Å². The molecule has 0 aliphatic rings. The standard InChI is InChI=1S/C15H21ClN4/c1-10(2)8-20-15(18-9-19-20)7-14(17)12-4-11(3)5-13(16)6-12/h4-6,9-10,14H,7-8,17H2,1-3H3. The highest BCUT2D eigenvalue weighted by Crippen LogP contribution is 2.21. The van der Waals surface area contributed by atoms with Crippen molar-refractivity contribution in [3.63, 3.8) is 0 Å². The van der Waals surface area contributed by atoms with Gasteiger partial charge in [0.1, 0.15) is 12.2 Å². The summed E-state index contributed by atoms with van der Waals surface area (Å²) in [5, 5.41) is 4.98. The highest BCUT2D eigenvalue weighted by Gasteiger charge is 2.13. The molecule has 1 unspecified atom stereocenters. The molecule has 1 heterocycles. The first-order valence-electron chi connectivity index (χ1n) is 6.85. The number of nitrogens with zero attached hydrogens (tertiary/aromatic N) is 3. The molecule has 2 N–H and O–H groups in total. The average molecular weight is 293 g/mol. The Balaban J connectivity index is 2.15. The quantitative estimate of drug-likeness (QED) is 0.921. The number of hydrogen-bond acceptors (Lipinski definition) is 3. The van der Waals surface area contributed by atoms with E-state index in [9.17, 15) is 0 Å². The van der Waals surface area contributed by atoms with Gasteiger partial charge >= 0.3 is 0 Å². The van der Waals surface area contributed by atoms with E-state index in [-0.39, 0.29) is 6.04 Å². The summed E-state index contributed by atoms with van der Waals surface area (Å²) in [6, 6.07) is 5.80. The van der Waals surface area contributed by atoms with E-state index in [2.05, 4.69) is 30.0 Å². The lowest BCUT2D eigenvalue weighted by Gasteiger charge is -2.14. The van der Waals surface area contributed by atoms with Crippen LogP contribution in [-0.4, -0.2) is 14.8 Å². The van der Waals surface area contributed by atoms with Crippen LogP contribution in [0.2, 0.25) is 5.02 Å². The molecule has 0 saturated carbocycles. The Bertz CT molecular complexity index is 557. The Morgan fingerprint density at radius 1 is 1.30 bits per heavy atom. The Kier molecular flexibility index (Phi) is 4.78.